The van der Waals surface area contributed by atoms with Gasteiger partial charge in [-0.25, -0.2) is 4.98 Å². The van der Waals surface area contributed by atoms with E-state index < -0.39 is 0 Å². The van der Waals surface area contributed by atoms with E-state index in [1.54, 1.807) is 6.33 Å². The third kappa shape index (κ3) is 3.69. The van der Waals surface area contributed by atoms with Gasteiger partial charge in [0.15, 0.2) is 0 Å². The van der Waals surface area contributed by atoms with Gasteiger partial charge < -0.3 is 10.2 Å². The first kappa shape index (κ1) is 10.4. The van der Waals surface area contributed by atoms with Crippen molar-refractivity contribution in [1.82, 2.24) is 14.3 Å². The molecule has 1 rings (SSSR count). The van der Waals surface area contributed by atoms with Crippen molar-refractivity contribution in [3.63, 3.8) is 0 Å². The summed E-state index contributed by atoms with van der Waals surface area (Å²) in [6, 6.07) is 0. The highest BCUT2D eigenvalue weighted by molar-refractivity contribution is 7.09. The van der Waals surface area contributed by atoms with Gasteiger partial charge in [0.2, 0.25) is 5.13 Å². The molecule has 1 aromatic rings. The fourth-order valence-electron chi connectivity index (χ4n) is 1.35. The van der Waals surface area contributed by atoms with Crippen molar-refractivity contribution in [1.29, 1.82) is 0 Å². The zero-order valence-corrected chi connectivity index (χ0v) is 9.35. The van der Waals surface area contributed by atoms with E-state index in [0.29, 0.717) is 0 Å². The lowest BCUT2D eigenvalue weighted by Crippen LogP contribution is -2.41. The van der Waals surface area contributed by atoms with Crippen molar-refractivity contribution in [2.75, 3.05) is 26.0 Å². The Kier molecular flexibility index (Phi) is 3.22. The van der Waals surface area contributed by atoms with E-state index in [4.69, 9.17) is 0 Å². The summed E-state index contributed by atoms with van der Waals surface area (Å²) in [6.45, 7) is 5.26. The summed E-state index contributed by atoms with van der Waals surface area (Å²) >= 11 is 1.39. The minimum atomic E-state index is 0.0308. The van der Waals surface area contributed by atoms with Gasteiger partial charge in [-0.2, -0.15) is 4.37 Å². The molecule has 0 saturated carbocycles. The average Bonchev–Trinajstić information content (AvgIpc) is 2.34. The number of nitrogens with zero attached hydrogens (tertiary/aromatic N) is 3. The monoisotopic (exact) mass is 200 g/mol. The lowest BCUT2D eigenvalue weighted by Gasteiger charge is -2.28. The van der Waals surface area contributed by atoms with Gasteiger partial charge in [-0.05, 0) is 27.9 Å². The number of hydrogen-bond donors (Lipinski definition) is 1. The summed E-state index contributed by atoms with van der Waals surface area (Å²) in [4.78, 5) is 6.23. The van der Waals surface area contributed by atoms with Gasteiger partial charge in [-0.3, -0.25) is 0 Å². The summed E-state index contributed by atoms with van der Waals surface area (Å²) in [5.41, 5.74) is 0.0308. The molecule has 0 radical (unpaired) electrons. The first-order chi connectivity index (χ1) is 5.99. The third-order valence-corrected chi connectivity index (χ3v) is 2.10. The van der Waals surface area contributed by atoms with Crippen LogP contribution in [0.3, 0.4) is 0 Å². The number of likely N-dealkylation sites (N-methyl/N-ethyl adjacent to an activating group) is 1. The Morgan fingerprint density at radius 3 is 2.69 bits per heavy atom. The van der Waals surface area contributed by atoms with Crippen molar-refractivity contribution in [2.24, 2.45) is 0 Å². The van der Waals surface area contributed by atoms with Crippen molar-refractivity contribution >= 4 is 16.7 Å². The number of hydrogen-bond acceptors (Lipinski definition) is 5. The molecule has 0 atom stereocenters. The van der Waals surface area contributed by atoms with Gasteiger partial charge in [-0.1, -0.05) is 0 Å². The van der Waals surface area contributed by atoms with E-state index in [1.807, 2.05) is 0 Å². The van der Waals surface area contributed by atoms with Crippen molar-refractivity contribution in [3.05, 3.63) is 6.33 Å². The fraction of sp³-hybridized carbons (Fsp3) is 0.750. The van der Waals surface area contributed by atoms with Crippen molar-refractivity contribution in [2.45, 2.75) is 19.4 Å². The SMILES string of the molecule is CN(C)CC(C)(C)Nc1ncns1. The summed E-state index contributed by atoms with van der Waals surface area (Å²) < 4.78 is 3.94. The van der Waals surface area contributed by atoms with E-state index in [2.05, 4.69) is 47.5 Å². The Morgan fingerprint density at radius 2 is 2.23 bits per heavy atom. The molecule has 0 spiro atoms. The van der Waals surface area contributed by atoms with Crippen LogP contribution in [0.25, 0.3) is 0 Å². The summed E-state index contributed by atoms with van der Waals surface area (Å²) in [6.07, 6.45) is 1.57. The van der Waals surface area contributed by atoms with Crippen LogP contribution in [0.15, 0.2) is 6.33 Å². The van der Waals surface area contributed by atoms with E-state index >= 15 is 0 Å². The highest BCUT2D eigenvalue weighted by atomic mass is 32.1. The van der Waals surface area contributed by atoms with Crippen LogP contribution in [0.2, 0.25) is 0 Å². The van der Waals surface area contributed by atoms with E-state index in [-0.39, 0.29) is 5.54 Å². The molecule has 1 heterocycles. The summed E-state index contributed by atoms with van der Waals surface area (Å²) in [5.74, 6) is 0. The van der Waals surface area contributed by atoms with Crippen molar-refractivity contribution < 1.29 is 0 Å². The van der Waals surface area contributed by atoms with Gasteiger partial charge in [0.25, 0.3) is 0 Å². The standard InChI is InChI=1S/C8H16N4S/c1-8(2,5-12(3)4)11-7-9-6-10-13-7/h6H,5H2,1-4H3,(H,9,10,11). The number of nitrogens with one attached hydrogen (secondary N) is 1. The van der Waals surface area contributed by atoms with Crippen LogP contribution in [0.1, 0.15) is 13.8 Å². The second kappa shape index (κ2) is 4.02. The molecule has 0 amide bonds. The predicted molar refractivity (Wildman–Crippen MR) is 56.2 cm³/mol. The average molecular weight is 200 g/mol. The zero-order chi connectivity index (χ0) is 9.90. The number of anilines is 1. The van der Waals surface area contributed by atoms with Crippen LogP contribution < -0.4 is 5.32 Å². The first-order valence-corrected chi connectivity index (χ1v) is 4.96. The maximum atomic E-state index is 4.09. The largest absolute Gasteiger partial charge is 0.354 e. The number of aromatic nitrogens is 2. The molecule has 0 unspecified atom stereocenters. The smallest absolute Gasteiger partial charge is 0.202 e. The zero-order valence-electron chi connectivity index (χ0n) is 8.53. The first-order valence-electron chi connectivity index (χ1n) is 4.19. The molecule has 0 aromatic carbocycles. The molecule has 5 heteroatoms. The molecule has 4 nitrogen and oxygen atoms in total. The van der Waals surface area contributed by atoms with Gasteiger partial charge in [0.05, 0.1) is 0 Å². The minimum Gasteiger partial charge on any atom is -0.354 e. The minimum absolute atomic E-state index is 0.0308. The van der Waals surface area contributed by atoms with Gasteiger partial charge in [0, 0.05) is 23.6 Å². The molecule has 0 aliphatic rings. The van der Waals surface area contributed by atoms with E-state index in [1.165, 1.54) is 11.5 Å². The molecule has 13 heavy (non-hydrogen) atoms. The Balaban J connectivity index is 2.51. The molecule has 1 aromatic heterocycles. The topological polar surface area (TPSA) is 41.0 Å². The number of rotatable bonds is 4. The van der Waals surface area contributed by atoms with Crippen LogP contribution in [-0.2, 0) is 0 Å². The summed E-state index contributed by atoms with van der Waals surface area (Å²) in [7, 11) is 4.12. The predicted octanol–water partition coefficient (Wildman–Crippen LogP) is 1.29. The highest BCUT2D eigenvalue weighted by Crippen LogP contribution is 2.15. The van der Waals surface area contributed by atoms with Gasteiger partial charge in [0.1, 0.15) is 6.33 Å². The van der Waals surface area contributed by atoms with Crippen LogP contribution in [0.5, 0.6) is 0 Å². The molecular weight excluding hydrogens is 184 g/mol. The molecule has 1 N–H and O–H groups in total. The Labute approximate surface area is 83.2 Å². The lowest BCUT2D eigenvalue weighted by molar-refractivity contribution is 0.334. The van der Waals surface area contributed by atoms with Crippen LogP contribution in [-0.4, -0.2) is 40.4 Å². The lowest BCUT2D eigenvalue weighted by atomic mass is 10.1. The Morgan fingerprint density at radius 1 is 1.54 bits per heavy atom. The maximum absolute atomic E-state index is 4.09. The van der Waals surface area contributed by atoms with E-state index in [9.17, 15) is 0 Å². The maximum Gasteiger partial charge on any atom is 0.202 e. The second-order valence-electron chi connectivity index (χ2n) is 3.99. The molecule has 0 aliphatic heterocycles. The molecule has 0 aliphatic carbocycles. The molecule has 0 saturated heterocycles. The Hall–Kier alpha value is -0.680. The van der Waals surface area contributed by atoms with E-state index in [0.717, 1.165) is 11.7 Å². The molecule has 74 valence electrons. The quantitative estimate of drug-likeness (QED) is 0.795. The normalized spacial score (nSPS) is 12.1. The fourth-order valence-corrected chi connectivity index (χ4v) is 1.96. The van der Waals surface area contributed by atoms with Crippen LogP contribution in [0, 0.1) is 0 Å². The van der Waals surface area contributed by atoms with Crippen LogP contribution >= 0.6 is 11.5 Å². The highest BCUT2D eigenvalue weighted by Gasteiger charge is 2.19. The molecule has 0 fully saturated rings. The van der Waals surface area contributed by atoms with Gasteiger partial charge in [-0.15, -0.1) is 0 Å². The molecule has 0 bridgehead atoms. The van der Waals surface area contributed by atoms with Gasteiger partial charge >= 0.3 is 0 Å². The van der Waals surface area contributed by atoms with Crippen molar-refractivity contribution in [3.8, 4) is 0 Å². The molecular formula is C8H16N4S. The Bertz CT molecular complexity index is 243. The van der Waals surface area contributed by atoms with Crippen LogP contribution in [0.4, 0.5) is 5.13 Å². The summed E-state index contributed by atoms with van der Waals surface area (Å²) in [5, 5.41) is 4.21. The third-order valence-electron chi connectivity index (χ3n) is 1.52. The second-order valence-corrected chi connectivity index (χ2v) is 4.77.